The Hall–Kier alpha value is -2.82. The molecule has 2 N–H and O–H groups in total. The molecule has 2 aromatic rings. The minimum absolute atomic E-state index is 0.200. The predicted molar refractivity (Wildman–Crippen MR) is 112 cm³/mol. The van der Waals surface area contributed by atoms with Crippen LogP contribution in [0.4, 0.5) is 5.69 Å². The SMILES string of the molecule is CC(NC(=O)C(=O)NCCCc1ccc(N2CCCC2)cc1)c1ccccc1. The summed E-state index contributed by atoms with van der Waals surface area (Å²) in [5, 5.41) is 5.44. The molecule has 0 aromatic heterocycles. The Labute approximate surface area is 167 Å². The van der Waals surface area contributed by atoms with Crippen molar-refractivity contribution in [3.63, 3.8) is 0 Å². The van der Waals surface area contributed by atoms with Gasteiger partial charge in [-0.1, -0.05) is 42.5 Å². The van der Waals surface area contributed by atoms with Crippen LogP contribution >= 0.6 is 0 Å². The Kier molecular flexibility index (Phi) is 7.06. The third-order valence-corrected chi connectivity index (χ3v) is 5.19. The second kappa shape index (κ2) is 9.93. The van der Waals surface area contributed by atoms with Crippen LogP contribution in [0.25, 0.3) is 0 Å². The van der Waals surface area contributed by atoms with Crippen molar-refractivity contribution in [1.29, 1.82) is 0 Å². The van der Waals surface area contributed by atoms with Gasteiger partial charge in [-0.05, 0) is 55.9 Å². The van der Waals surface area contributed by atoms with Crippen LogP contribution in [0.15, 0.2) is 54.6 Å². The van der Waals surface area contributed by atoms with Crippen molar-refractivity contribution < 1.29 is 9.59 Å². The summed E-state index contributed by atoms with van der Waals surface area (Å²) in [5.41, 5.74) is 3.51. The summed E-state index contributed by atoms with van der Waals surface area (Å²) in [6.07, 6.45) is 4.23. The Balaban J connectivity index is 1.36. The van der Waals surface area contributed by atoms with Crippen LogP contribution in [0.2, 0.25) is 0 Å². The van der Waals surface area contributed by atoms with Crippen LogP contribution in [-0.4, -0.2) is 31.4 Å². The number of benzene rings is 2. The second-order valence-electron chi connectivity index (χ2n) is 7.33. The lowest BCUT2D eigenvalue weighted by Crippen LogP contribution is -2.41. The molecule has 1 aliphatic heterocycles. The first-order chi connectivity index (χ1) is 13.6. The molecule has 148 valence electrons. The highest BCUT2D eigenvalue weighted by Gasteiger charge is 2.16. The number of hydrogen-bond donors (Lipinski definition) is 2. The summed E-state index contributed by atoms with van der Waals surface area (Å²) < 4.78 is 0. The summed E-state index contributed by atoms with van der Waals surface area (Å²) in [4.78, 5) is 26.4. The first-order valence-corrected chi connectivity index (χ1v) is 10.1. The van der Waals surface area contributed by atoms with Crippen molar-refractivity contribution in [3.05, 3.63) is 65.7 Å². The summed E-state index contributed by atoms with van der Waals surface area (Å²) in [7, 11) is 0. The van der Waals surface area contributed by atoms with Gasteiger partial charge in [0.25, 0.3) is 0 Å². The van der Waals surface area contributed by atoms with Gasteiger partial charge >= 0.3 is 11.8 Å². The van der Waals surface area contributed by atoms with Gasteiger partial charge in [0, 0.05) is 25.3 Å². The first-order valence-electron chi connectivity index (χ1n) is 10.1. The highest BCUT2D eigenvalue weighted by molar-refractivity contribution is 6.35. The van der Waals surface area contributed by atoms with Crippen molar-refractivity contribution >= 4 is 17.5 Å². The normalized spacial score (nSPS) is 14.5. The number of carbonyl (C=O) groups is 2. The Morgan fingerprint density at radius 2 is 1.64 bits per heavy atom. The van der Waals surface area contributed by atoms with Gasteiger partial charge in [-0.3, -0.25) is 9.59 Å². The van der Waals surface area contributed by atoms with E-state index in [1.54, 1.807) is 0 Å². The second-order valence-corrected chi connectivity index (χ2v) is 7.33. The minimum atomic E-state index is -0.591. The molecule has 5 heteroatoms. The number of rotatable bonds is 7. The van der Waals surface area contributed by atoms with E-state index in [0.717, 1.165) is 31.5 Å². The van der Waals surface area contributed by atoms with Crippen molar-refractivity contribution in [3.8, 4) is 0 Å². The largest absolute Gasteiger partial charge is 0.372 e. The summed E-state index contributed by atoms with van der Waals surface area (Å²) in [6, 6.07) is 18.1. The fourth-order valence-electron chi connectivity index (χ4n) is 3.51. The Bertz CT molecular complexity index is 768. The standard InChI is InChI=1S/C23H29N3O2/c1-18(20-9-3-2-4-10-20)25-23(28)22(27)24-15-7-8-19-11-13-21(14-12-19)26-16-5-6-17-26/h2-4,9-14,18H,5-8,15-17H2,1H3,(H,24,27)(H,25,28). The fourth-order valence-corrected chi connectivity index (χ4v) is 3.51. The van der Waals surface area contributed by atoms with E-state index >= 15 is 0 Å². The maximum atomic E-state index is 12.0. The first kappa shape index (κ1) is 19.9. The van der Waals surface area contributed by atoms with Crippen molar-refractivity contribution in [1.82, 2.24) is 10.6 Å². The van der Waals surface area contributed by atoms with Crippen LogP contribution in [0.5, 0.6) is 0 Å². The van der Waals surface area contributed by atoms with Crippen molar-refractivity contribution in [2.24, 2.45) is 0 Å². The summed E-state index contributed by atoms with van der Waals surface area (Å²) >= 11 is 0. The molecule has 0 spiro atoms. The molecular formula is C23H29N3O2. The van der Waals surface area contributed by atoms with Gasteiger partial charge in [0.15, 0.2) is 0 Å². The topological polar surface area (TPSA) is 61.4 Å². The van der Waals surface area contributed by atoms with E-state index in [2.05, 4.69) is 39.8 Å². The average molecular weight is 380 g/mol. The third kappa shape index (κ3) is 5.59. The van der Waals surface area contributed by atoms with Gasteiger partial charge in [0.1, 0.15) is 0 Å². The van der Waals surface area contributed by atoms with Gasteiger partial charge in [0.2, 0.25) is 0 Å². The number of hydrogen-bond acceptors (Lipinski definition) is 3. The number of carbonyl (C=O) groups excluding carboxylic acids is 2. The molecule has 1 fully saturated rings. The van der Waals surface area contributed by atoms with E-state index in [1.165, 1.54) is 24.1 Å². The van der Waals surface area contributed by atoms with Gasteiger partial charge in [-0.2, -0.15) is 0 Å². The lowest BCUT2D eigenvalue weighted by atomic mass is 10.1. The molecule has 1 saturated heterocycles. The smallest absolute Gasteiger partial charge is 0.309 e. The predicted octanol–water partition coefficient (Wildman–Crippen LogP) is 3.21. The zero-order valence-electron chi connectivity index (χ0n) is 16.5. The van der Waals surface area contributed by atoms with Gasteiger partial charge in [-0.15, -0.1) is 0 Å². The van der Waals surface area contributed by atoms with E-state index in [4.69, 9.17) is 0 Å². The molecule has 1 atom stereocenters. The van der Waals surface area contributed by atoms with E-state index in [-0.39, 0.29) is 6.04 Å². The molecule has 1 heterocycles. The molecule has 28 heavy (non-hydrogen) atoms. The molecule has 2 aromatic carbocycles. The van der Waals surface area contributed by atoms with E-state index < -0.39 is 11.8 Å². The molecule has 1 unspecified atom stereocenters. The lowest BCUT2D eigenvalue weighted by molar-refractivity contribution is -0.139. The monoisotopic (exact) mass is 379 g/mol. The Morgan fingerprint density at radius 3 is 2.32 bits per heavy atom. The molecule has 5 nitrogen and oxygen atoms in total. The fraction of sp³-hybridized carbons (Fsp3) is 0.391. The molecule has 0 radical (unpaired) electrons. The van der Waals surface area contributed by atoms with Gasteiger partial charge in [0.05, 0.1) is 6.04 Å². The van der Waals surface area contributed by atoms with Gasteiger partial charge < -0.3 is 15.5 Å². The number of amides is 2. The van der Waals surface area contributed by atoms with Gasteiger partial charge in [-0.25, -0.2) is 0 Å². The molecule has 0 bridgehead atoms. The Morgan fingerprint density at radius 1 is 0.964 bits per heavy atom. The molecule has 0 aliphatic carbocycles. The number of nitrogens with one attached hydrogen (secondary N) is 2. The number of aryl methyl sites for hydroxylation is 1. The minimum Gasteiger partial charge on any atom is -0.372 e. The van der Waals surface area contributed by atoms with Crippen LogP contribution in [0.1, 0.15) is 43.4 Å². The molecule has 0 saturated carbocycles. The summed E-state index contributed by atoms with van der Waals surface area (Å²) in [6.45, 7) is 4.65. The molecule has 1 aliphatic rings. The number of anilines is 1. The van der Waals surface area contributed by atoms with Crippen LogP contribution in [0.3, 0.4) is 0 Å². The van der Waals surface area contributed by atoms with Crippen LogP contribution in [-0.2, 0) is 16.0 Å². The average Bonchev–Trinajstić information content (AvgIpc) is 3.27. The van der Waals surface area contributed by atoms with E-state index in [1.807, 2.05) is 37.3 Å². The molecule has 3 rings (SSSR count). The highest BCUT2D eigenvalue weighted by atomic mass is 16.2. The van der Waals surface area contributed by atoms with Crippen molar-refractivity contribution in [2.75, 3.05) is 24.5 Å². The molecule has 2 amide bonds. The van der Waals surface area contributed by atoms with Crippen LogP contribution in [0, 0.1) is 0 Å². The third-order valence-electron chi connectivity index (χ3n) is 5.19. The van der Waals surface area contributed by atoms with E-state index in [9.17, 15) is 9.59 Å². The lowest BCUT2D eigenvalue weighted by Gasteiger charge is -2.17. The zero-order chi connectivity index (χ0) is 19.8. The number of nitrogens with zero attached hydrogens (tertiary/aromatic N) is 1. The van der Waals surface area contributed by atoms with Crippen LogP contribution < -0.4 is 15.5 Å². The maximum Gasteiger partial charge on any atom is 0.309 e. The van der Waals surface area contributed by atoms with Crippen molar-refractivity contribution in [2.45, 2.75) is 38.6 Å². The zero-order valence-corrected chi connectivity index (χ0v) is 16.5. The summed E-state index contributed by atoms with van der Waals surface area (Å²) in [5.74, 6) is -1.17. The highest BCUT2D eigenvalue weighted by Crippen LogP contribution is 2.20. The quantitative estimate of drug-likeness (QED) is 0.574. The van der Waals surface area contributed by atoms with E-state index in [0.29, 0.717) is 6.54 Å². The maximum absolute atomic E-state index is 12.0. The molecular weight excluding hydrogens is 350 g/mol.